The van der Waals surface area contributed by atoms with E-state index in [0.717, 1.165) is 19.3 Å². The normalized spacial score (nSPS) is 21.8. The lowest BCUT2D eigenvalue weighted by Crippen LogP contribution is -2.44. The molecule has 1 aliphatic heterocycles. The fourth-order valence-electron chi connectivity index (χ4n) is 2.42. The molecule has 1 fully saturated rings. The zero-order valence-corrected chi connectivity index (χ0v) is 12.7. The molecule has 1 rings (SSSR count). The Morgan fingerprint density at radius 1 is 1.32 bits per heavy atom. The largest absolute Gasteiger partial charge is 0.354 e. The van der Waals surface area contributed by atoms with Gasteiger partial charge < -0.3 is 5.32 Å². The van der Waals surface area contributed by atoms with Crippen LogP contribution in [0.4, 0.5) is 8.78 Å². The van der Waals surface area contributed by atoms with Crippen LogP contribution < -0.4 is 10.6 Å². The van der Waals surface area contributed by atoms with Crippen LogP contribution >= 0.6 is 12.4 Å². The Balaban J connectivity index is 0.00000324. The molecule has 19 heavy (non-hydrogen) atoms. The summed E-state index contributed by atoms with van der Waals surface area (Å²) in [5.74, 6) is -3.05. The highest BCUT2D eigenvalue weighted by Gasteiger charge is 2.42. The zero-order valence-electron chi connectivity index (χ0n) is 11.9. The van der Waals surface area contributed by atoms with Gasteiger partial charge in [0, 0.05) is 13.0 Å². The lowest BCUT2D eigenvalue weighted by molar-refractivity contribution is -0.124. The van der Waals surface area contributed by atoms with Crippen molar-refractivity contribution < 1.29 is 13.6 Å². The number of hydrogen-bond donors (Lipinski definition) is 2. The van der Waals surface area contributed by atoms with Crippen molar-refractivity contribution >= 4 is 18.3 Å². The Kier molecular flexibility index (Phi) is 7.22. The van der Waals surface area contributed by atoms with Gasteiger partial charge in [-0.25, -0.2) is 8.78 Å². The molecule has 0 saturated carbocycles. The van der Waals surface area contributed by atoms with Gasteiger partial charge in [0.2, 0.25) is 5.91 Å². The maximum atomic E-state index is 13.0. The first-order valence-electron chi connectivity index (χ1n) is 6.77. The van der Waals surface area contributed by atoms with E-state index < -0.39 is 24.9 Å². The zero-order chi connectivity index (χ0) is 13.8. The molecule has 0 aromatic rings. The lowest BCUT2D eigenvalue weighted by Gasteiger charge is -2.31. The van der Waals surface area contributed by atoms with Crippen LogP contribution in [0, 0.1) is 5.41 Å². The fraction of sp³-hybridized carbons (Fsp3) is 0.923. The Bertz CT molecular complexity index is 288. The van der Waals surface area contributed by atoms with E-state index in [1.807, 2.05) is 0 Å². The highest BCUT2D eigenvalue weighted by molar-refractivity contribution is 5.85. The van der Waals surface area contributed by atoms with E-state index in [-0.39, 0.29) is 23.7 Å². The van der Waals surface area contributed by atoms with Crippen LogP contribution in [0.1, 0.15) is 46.5 Å². The molecule has 0 aliphatic carbocycles. The standard InChI is InChI=1S/C13H24F2N2O.ClH/c1-4-12(5-2,6-3)8-17-11(18)10-7-13(14,15)9-16-10;/h10,16H,4-9H2,1-3H3,(H,17,18);1H. The SMILES string of the molecule is CCC(CC)(CC)CNC(=O)C1CC(F)(F)CN1.Cl. The summed E-state index contributed by atoms with van der Waals surface area (Å²) in [5.41, 5.74) is 0.0940. The van der Waals surface area contributed by atoms with Crippen molar-refractivity contribution in [2.24, 2.45) is 5.41 Å². The first kappa shape index (κ1) is 18.6. The summed E-state index contributed by atoms with van der Waals surface area (Å²) in [6.07, 6.45) is 2.55. The van der Waals surface area contributed by atoms with E-state index in [1.165, 1.54) is 0 Å². The van der Waals surface area contributed by atoms with Gasteiger partial charge in [0.1, 0.15) is 0 Å². The number of hydrogen-bond acceptors (Lipinski definition) is 2. The van der Waals surface area contributed by atoms with E-state index in [1.54, 1.807) is 0 Å². The van der Waals surface area contributed by atoms with Gasteiger partial charge in [-0.05, 0) is 24.7 Å². The molecule has 0 radical (unpaired) electrons. The van der Waals surface area contributed by atoms with Gasteiger partial charge in [-0.15, -0.1) is 12.4 Å². The van der Waals surface area contributed by atoms with Crippen molar-refractivity contribution in [2.45, 2.75) is 58.4 Å². The highest BCUT2D eigenvalue weighted by Crippen LogP contribution is 2.30. The highest BCUT2D eigenvalue weighted by atomic mass is 35.5. The number of halogens is 3. The van der Waals surface area contributed by atoms with Gasteiger partial charge in [0.25, 0.3) is 5.92 Å². The van der Waals surface area contributed by atoms with Crippen LogP contribution in [0.5, 0.6) is 0 Å². The molecule has 1 heterocycles. The van der Waals surface area contributed by atoms with E-state index in [2.05, 4.69) is 31.4 Å². The third-order valence-corrected chi connectivity index (χ3v) is 4.31. The third-order valence-electron chi connectivity index (χ3n) is 4.31. The van der Waals surface area contributed by atoms with Gasteiger partial charge in [-0.2, -0.15) is 0 Å². The molecule has 114 valence electrons. The van der Waals surface area contributed by atoms with Gasteiger partial charge in [0.05, 0.1) is 12.6 Å². The smallest absolute Gasteiger partial charge is 0.262 e. The number of alkyl halides is 2. The second-order valence-corrected chi connectivity index (χ2v) is 5.27. The summed E-state index contributed by atoms with van der Waals surface area (Å²) < 4.78 is 26.0. The summed E-state index contributed by atoms with van der Waals surface area (Å²) in [7, 11) is 0. The fourth-order valence-corrected chi connectivity index (χ4v) is 2.42. The molecule has 0 bridgehead atoms. The molecular weight excluding hydrogens is 274 g/mol. The van der Waals surface area contributed by atoms with Crippen molar-refractivity contribution in [2.75, 3.05) is 13.1 Å². The van der Waals surface area contributed by atoms with Gasteiger partial charge in [0.15, 0.2) is 0 Å². The molecule has 0 aromatic carbocycles. The van der Waals surface area contributed by atoms with Crippen LogP contribution in [0.15, 0.2) is 0 Å². The maximum Gasteiger partial charge on any atom is 0.262 e. The summed E-state index contributed by atoms with van der Waals surface area (Å²) in [6.45, 7) is 6.47. The second kappa shape index (κ2) is 7.39. The molecule has 1 aliphatic rings. The Morgan fingerprint density at radius 2 is 1.84 bits per heavy atom. The predicted molar refractivity (Wildman–Crippen MR) is 74.9 cm³/mol. The number of amides is 1. The van der Waals surface area contributed by atoms with Crippen LogP contribution in [0.3, 0.4) is 0 Å². The number of carbonyl (C=O) groups excluding carboxylic acids is 1. The summed E-state index contributed by atoms with van der Waals surface area (Å²) in [6, 6.07) is -0.747. The molecule has 1 atom stereocenters. The van der Waals surface area contributed by atoms with Crippen LogP contribution in [0.2, 0.25) is 0 Å². The summed E-state index contributed by atoms with van der Waals surface area (Å²) >= 11 is 0. The van der Waals surface area contributed by atoms with Crippen molar-refractivity contribution in [1.82, 2.24) is 10.6 Å². The molecule has 3 nitrogen and oxygen atoms in total. The molecular formula is C13H25ClF2N2O. The Morgan fingerprint density at radius 3 is 2.21 bits per heavy atom. The summed E-state index contributed by atoms with van der Waals surface area (Å²) in [4.78, 5) is 11.8. The minimum absolute atomic E-state index is 0. The Labute approximate surface area is 120 Å². The number of carbonyl (C=O) groups is 1. The summed E-state index contributed by atoms with van der Waals surface area (Å²) in [5, 5.41) is 5.40. The van der Waals surface area contributed by atoms with Gasteiger partial charge in [-0.3, -0.25) is 10.1 Å². The van der Waals surface area contributed by atoms with Gasteiger partial charge >= 0.3 is 0 Å². The predicted octanol–water partition coefficient (Wildman–Crippen LogP) is 2.74. The minimum Gasteiger partial charge on any atom is -0.354 e. The van der Waals surface area contributed by atoms with Crippen LogP contribution in [0.25, 0.3) is 0 Å². The monoisotopic (exact) mass is 298 g/mol. The van der Waals surface area contributed by atoms with Crippen molar-refractivity contribution in [3.63, 3.8) is 0 Å². The van der Waals surface area contributed by atoms with Crippen LogP contribution in [-0.2, 0) is 4.79 Å². The third kappa shape index (κ3) is 4.88. The molecule has 1 saturated heterocycles. The molecule has 1 amide bonds. The van der Waals surface area contributed by atoms with Crippen LogP contribution in [-0.4, -0.2) is 31.0 Å². The number of nitrogens with one attached hydrogen (secondary N) is 2. The molecule has 0 spiro atoms. The van der Waals surface area contributed by atoms with Crippen molar-refractivity contribution in [3.8, 4) is 0 Å². The van der Waals surface area contributed by atoms with E-state index >= 15 is 0 Å². The van der Waals surface area contributed by atoms with Gasteiger partial charge in [-0.1, -0.05) is 20.8 Å². The molecule has 2 N–H and O–H groups in total. The maximum absolute atomic E-state index is 13.0. The quantitative estimate of drug-likeness (QED) is 0.792. The number of rotatable bonds is 6. The molecule has 0 aromatic heterocycles. The second-order valence-electron chi connectivity index (χ2n) is 5.27. The lowest BCUT2D eigenvalue weighted by atomic mass is 9.80. The topological polar surface area (TPSA) is 41.1 Å². The van der Waals surface area contributed by atoms with E-state index in [4.69, 9.17) is 0 Å². The average Bonchev–Trinajstić information content (AvgIpc) is 2.72. The first-order valence-corrected chi connectivity index (χ1v) is 6.77. The average molecular weight is 299 g/mol. The minimum atomic E-state index is -2.75. The van der Waals surface area contributed by atoms with E-state index in [9.17, 15) is 13.6 Å². The first-order chi connectivity index (χ1) is 8.38. The van der Waals surface area contributed by atoms with Crippen molar-refractivity contribution in [3.05, 3.63) is 0 Å². The molecule has 6 heteroatoms. The van der Waals surface area contributed by atoms with E-state index in [0.29, 0.717) is 6.54 Å². The Hall–Kier alpha value is -0.420. The molecule has 1 unspecified atom stereocenters. The van der Waals surface area contributed by atoms with Crippen molar-refractivity contribution in [1.29, 1.82) is 0 Å².